The molecular weight excluding hydrogens is 186 g/mol. The molecule has 0 saturated carbocycles. The average Bonchev–Trinajstić information content (AvgIpc) is 2.21. The van der Waals surface area contributed by atoms with Crippen LogP contribution in [0, 0.1) is 0 Å². The van der Waals surface area contributed by atoms with Crippen LogP contribution in [0.5, 0.6) is 5.75 Å². The van der Waals surface area contributed by atoms with Crippen LogP contribution in [0.3, 0.4) is 0 Å². The Morgan fingerprint density at radius 2 is 1.60 bits per heavy atom. The van der Waals surface area contributed by atoms with E-state index in [1.54, 1.807) is 0 Å². The highest BCUT2D eigenvalue weighted by Crippen LogP contribution is 2.19. The van der Waals surface area contributed by atoms with Crippen molar-refractivity contribution in [1.82, 2.24) is 0 Å². The third-order valence-electron chi connectivity index (χ3n) is 2.34. The van der Waals surface area contributed by atoms with Crippen molar-refractivity contribution in [2.45, 2.75) is 33.8 Å². The van der Waals surface area contributed by atoms with E-state index in [4.69, 9.17) is 4.74 Å². The molecule has 0 radical (unpaired) electrons. The van der Waals surface area contributed by atoms with Gasteiger partial charge in [0.25, 0.3) is 0 Å². The molecule has 84 valence electrons. The molecule has 0 aromatic heterocycles. The predicted molar refractivity (Wildman–Crippen MR) is 65.8 cm³/mol. The Balaban J connectivity index is 2.71. The number of rotatable bonds is 5. The second kappa shape index (κ2) is 5.64. The quantitative estimate of drug-likeness (QED) is 0.734. The smallest absolute Gasteiger partial charge is 0.119 e. The third-order valence-corrected chi connectivity index (χ3v) is 2.34. The first-order chi connectivity index (χ1) is 7.17. The van der Waals surface area contributed by atoms with Crippen molar-refractivity contribution in [3.05, 3.63) is 24.3 Å². The molecule has 0 aliphatic rings. The molecule has 0 fully saturated rings. The lowest BCUT2D eigenvalue weighted by atomic mass is 10.2. The largest absolute Gasteiger partial charge is 0.491 e. The van der Waals surface area contributed by atoms with Gasteiger partial charge >= 0.3 is 0 Å². The third kappa shape index (κ3) is 3.46. The average molecular weight is 207 g/mol. The zero-order chi connectivity index (χ0) is 11.3. The Hall–Kier alpha value is -1.18. The molecule has 0 aliphatic heterocycles. The van der Waals surface area contributed by atoms with Gasteiger partial charge in [0.2, 0.25) is 0 Å². The first-order valence-corrected chi connectivity index (χ1v) is 5.69. The summed E-state index contributed by atoms with van der Waals surface area (Å²) in [5, 5.41) is 0. The van der Waals surface area contributed by atoms with Crippen LogP contribution in [-0.4, -0.2) is 19.2 Å². The molecule has 1 aromatic rings. The van der Waals surface area contributed by atoms with E-state index in [0.29, 0.717) is 0 Å². The Morgan fingerprint density at radius 3 is 2.00 bits per heavy atom. The molecule has 0 amide bonds. The van der Waals surface area contributed by atoms with Gasteiger partial charge in [0.1, 0.15) is 5.75 Å². The number of anilines is 1. The maximum Gasteiger partial charge on any atom is 0.119 e. The summed E-state index contributed by atoms with van der Waals surface area (Å²) >= 11 is 0. The van der Waals surface area contributed by atoms with Crippen LogP contribution in [0.2, 0.25) is 0 Å². The molecule has 1 aromatic carbocycles. The summed E-state index contributed by atoms with van der Waals surface area (Å²) in [6.45, 7) is 10.5. The summed E-state index contributed by atoms with van der Waals surface area (Å²) in [6.07, 6.45) is 0.240. The predicted octanol–water partition coefficient (Wildman–Crippen LogP) is 3.32. The van der Waals surface area contributed by atoms with E-state index in [-0.39, 0.29) is 6.10 Å². The molecule has 0 N–H and O–H groups in total. The second-order valence-corrected chi connectivity index (χ2v) is 3.83. The molecule has 2 heteroatoms. The lowest BCUT2D eigenvalue weighted by Gasteiger charge is -2.21. The summed E-state index contributed by atoms with van der Waals surface area (Å²) in [4.78, 5) is 2.32. The van der Waals surface area contributed by atoms with Crippen molar-refractivity contribution in [3.8, 4) is 5.75 Å². The molecule has 0 atom stereocenters. The number of ether oxygens (including phenoxy) is 1. The van der Waals surface area contributed by atoms with Crippen LogP contribution in [0.1, 0.15) is 27.7 Å². The number of hydrogen-bond donors (Lipinski definition) is 0. The first-order valence-electron chi connectivity index (χ1n) is 5.69. The molecule has 2 nitrogen and oxygen atoms in total. The van der Waals surface area contributed by atoms with Crippen LogP contribution < -0.4 is 9.64 Å². The van der Waals surface area contributed by atoms with Gasteiger partial charge in [-0.3, -0.25) is 0 Å². The minimum absolute atomic E-state index is 0.240. The van der Waals surface area contributed by atoms with E-state index in [1.165, 1.54) is 5.69 Å². The van der Waals surface area contributed by atoms with Crippen LogP contribution >= 0.6 is 0 Å². The van der Waals surface area contributed by atoms with Gasteiger partial charge < -0.3 is 9.64 Å². The Labute approximate surface area is 92.9 Å². The molecule has 0 heterocycles. The van der Waals surface area contributed by atoms with Crippen LogP contribution in [0.15, 0.2) is 24.3 Å². The monoisotopic (exact) mass is 207 g/mol. The summed E-state index contributed by atoms with van der Waals surface area (Å²) in [6, 6.07) is 8.30. The first kappa shape index (κ1) is 11.9. The van der Waals surface area contributed by atoms with Crippen molar-refractivity contribution in [2.24, 2.45) is 0 Å². The fourth-order valence-electron chi connectivity index (χ4n) is 1.60. The van der Waals surface area contributed by atoms with Crippen molar-refractivity contribution >= 4 is 5.69 Å². The maximum absolute atomic E-state index is 5.60. The highest BCUT2D eigenvalue weighted by Gasteiger charge is 2.02. The van der Waals surface area contributed by atoms with E-state index in [1.807, 2.05) is 26.0 Å². The zero-order valence-corrected chi connectivity index (χ0v) is 10.2. The molecule has 1 rings (SSSR count). The van der Waals surface area contributed by atoms with E-state index in [0.717, 1.165) is 18.8 Å². The summed E-state index contributed by atoms with van der Waals surface area (Å²) in [5.41, 5.74) is 1.26. The lowest BCUT2D eigenvalue weighted by molar-refractivity contribution is 0.242. The van der Waals surface area contributed by atoms with E-state index in [2.05, 4.69) is 30.9 Å². The highest BCUT2D eigenvalue weighted by molar-refractivity contribution is 5.48. The Morgan fingerprint density at radius 1 is 1.07 bits per heavy atom. The SMILES string of the molecule is CCN(CC)c1ccc(OC(C)C)cc1. The van der Waals surface area contributed by atoms with Crippen LogP contribution in [-0.2, 0) is 0 Å². The van der Waals surface area contributed by atoms with Gasteiger partial charge in [0.05, 0.1) is 6.10 Å². The molecule has 0 saturated heterocycles. The zero-order valence-electron chi connectivity index (χ0n) is 10.2. The van der Waals surface area contributed by atoms with Gasteiger partial charge in [-0.15, -0.1) is 0 Å². The molecule has 0 aliphatic carbocycles. The van der Waals surface area contributed by atoms with Crippen LogP contribution in [0.25, 0.3) is 0 Å². The lowest BCUT2D eigenvalue weighted by Crippen LogP contribution is -2.21. The molecule has 15 heavy (non-hydrogen) atoms. The summed E-state index contributed by atoms with van der Waals surface area (Å²) in [5.74, 6) is 0.945. The van der Waals surface area contributed by atoms with Crippen molar-refractivity contribution in [3.63, 3.8) is 0 Å². The second-order valence-electron chi connectivity index (χ2n) is 3.83. The Bertz CT molecular complexity index is 275. The minimum atomic E-state index is 0.240. The topological polar surface area (TPSA) is 12.5 Å². The van der Waals surface area contributed by atoms with E-state index >= 15 is 0 Å². The fraction of sp³-hybridized carbons (Fsp3) is 0.538. The van der Waals surface area contributed by atoms with Crippen LogP contribution in [0.4, 0.5) is 5.69 Å². The normalized spacial score (nSPS) is 10.5. The van der Waals surface area contributed by atoms with Gasteiger partial charge in [0.15, 0.2) is 0 Å². The van der Waals surface area contributed by atoms with Crippen molar-refractivity contribution in [1.29, 1.82) is 0 Å². The van der Waals surface area contributed by atoms with Crippen molar-refractivity contribution in [2.75, 3.05) is 18.0 Å². The van der Waals surface area contributed by atoms with Gasteiger partial charge in [-0.2, -0.15) is 0 Å². The highest BCUT2D eigenvalue weighted by atomic mass is 16.5. The number of hydrogen-bond acceptors (Lipinski definition) is 2. The number of nitrogens with zero attached hydrogens (tertiary/aromatic N) is 1. The van der Waals surface area contributed by atoms with Crippen molar-refractivity contribution < 1.29 is 4.74 Å². The van der Waals surface area contributed by atoms with Gasteiger partial charge in [-0.05, 0) is 52.0 Å². The minimum Gasteiger partial charge on any atom is -0.491 e. The molecule has 0 bridgehead atoms. The van der Waals surface area contributed by atoms with Gasteiger partial charge in [-0.1, -0.05) is 0 Å². The summed E-state index contributed by atoms with van der Waals surface area (Å²) in [7, 11) is 0. The van der Waals surface area contributed by atoms with Gasteiger partial charge in [-0.25, -0.2) is 0 Å². The Kier molecular flexibility index (Phi) is 4.47. The van der Waals surface area contributed by atoms with E-state index < -0.39 is 0 Å². The molecular formula is C13H21NO. The number of benzene rings is 1. The van der Waals surface area contributed by atoms with E-state index in [9.17, 15) is 0 Å². The van der Waals surface area contributed by atoms with Gasteiger partial charge in [0, 0.05) is 18.8 Å². The maximum atomic E-state index is 5.60. The molecule has 0 spiro atoms. The summed E-state index contributed by atoms with van der Waals surface area (Å²) < 4.78 is 5.60. The standard InChI is InChI=1S/C13H21NO/c1-5-14(6-2)12-7-9-13(10-8-12)15-11(3)4/h7-11H,5-6H2,1-4H3. The molecule has 0 unspecified atom stereocenters. The fourth-order valence-corrected chi connectivity index (χ4v) is 1.60.